The third kappa shape index (κ3) is 10.5. The van der Waals surface area contributed by atoms with Crippen LogP contribution in [0.5, 0.6) is 11.5 Å². The number of aromatic nitrogens is 4. The van der Waals surface area contributed by atoms with Gasteiger partial charge >= 0.3 is 0 Å². The van der Waals surface area contributed by atoms with Gasteiger partial charge in [0.15, 0.2) is 0 Å². The van der Waals surface area contributed by atoms with Crippen molar-refractivity contribution in [1.82, 2.24) is 25.4 Å². The van der Waals surface area contributed by atoms with Crippen molar-refractivity contribution in [2.75, 3.05) is 22.7 Å². The second-order valence-electron chi connectivity index (χ2n) is 8.63. The van der Waals surface area contributed by atoms with Crippen molar-refractivity contribution in [1.29, 1.82) is 0 Å². The molecular weight excluding hydrogens is 580 g/mol. The highest BCUT2D eigenvalue weighted by molar-refractivity contribution is 8.13. The van der Waals surface area contributed by atoms with E-state index in [1.165, 1.54) is 0 Å². The summed E-state index contributed by atoms with van der Waals surface area (Å²) in [4.78, 5) is 17.3. The van der Waals surface area contributed by atoms with Crippen molar-refractivity contribution < 1.29 is 9.47 Å². The van der Waals surface area contributed by atoms with Crippen LogP contribution in [0.25, 0.3) is 0 Å². The van der Waals surface area contributed by atoms with Crippen LogP contribution in [0.15, 0.2) is 77.9 Å². The Morgan fingerprint density at radius 3 is 1.93 bits per heavy atom. The summed E-state index contributed by atoms with van der Waals surface area (Å²) in [5, 5.41) is 7.12. The van der Waals surface area contributed by atoms with Crippen LogP contribution in [0, 0.1) is 27.7 Å². The molecule has 0 unspecified atom stereocenters. The molecule has 0 aliphatic carbocycles. The highest BCUT2D eigenvalue weighted by Gasteiger charge is 2.18. The second kappa shape index (κ2) is 15.7. The first kappa shape index (κ1) is 31.5. The SMILES string of the molecule is Cc1cc(C)nc(N2CCSC(Oc3ccccc3)=N2)n1.Cc1cc(C)nc(NNC(=S)Oc2ccccc2)n1.Cl. The number of hydrazone groups is 1. The third-order valence-electron chi connectivity index (χ3n) is 5.09. The summed E-state index contributed by atoms with van der Waals surface area (Å²) >= 11 is 6.64. The zero-order valence-corrected chi connectivity index (χ0v) is 25.5. The average Bonchev–Trinajstić information content (AvgIpc) is 2.93. The van der Waals surface area contributed by atoms with Crippen LogP contribution in [0.3, 0.4) is 0 Å². The summed E-state index contributed by atoms with van der Waals surface area (Å²) in [6.07, 6.45) is 0. The molecule has 1 aliphatic heterocycles. The fourth-order valence-corrected chi connectivity index (χ4v) is 4.41. The lowest BCUT2D eigenvalue weighted by molar-refractivity contribution is 0.540. The molecule has 10 nitrogen and oxygen atoms in total. The van der Waals surface area contributed by atoms with Crippen LogP contribution in [-0.4, -0.2) is 42.6 Å². The molecule has 2 N–H and O–H groups in total. The van der Waals surface area contributed by atoms with Gasteiger partial charge in [0, 0.05) is 28.5 Å². The number of nitrogens with zero attached hydrogens (tertiary/aromatic N) is 6. The van der Waals surface area contributed by atoms with Gasteiger partial charge in [0.05, 0.1) is 6.54 Å². The van der Waals surface area contributed by atoms with Gasteiger partial charge in [-0.3, -0.25) is 10.9 Å². The summed E-state index contributed by atoms with van der Waals surface area (Å²) < 4.78 is 11.2. The van der Waals surface area contributed by atoms with E-state index in [0.717, 1.165) is 40.8 Å². The Labute approximate surface area is 255 Å². The highest BCUT2D eigenvalue weighted by atomic mass is 35.5. The lowest BCUT2D eigenvalue weighted by Crippen LogP contribution is -2.32. The van der Waals surface area contributed by atoms with Gasteiger partial charge < -0.3 is 9.47 Å². The first-order valence-electron chi connectivity index (χ1n) is 12.5. The maximum Gasteiger partial charge on any atom is 0.281 e. The summed E-state index contributed by atoms with van der Waals surface area (Å²) in [7, 11) is 0. The van der Waals surface area contributed by atoms with E-state index in [1.54, 1.807) is 16.8 Å². The molecule has 0 saturated carbocycles. The number of ether oxygens (including phenoxy) is 2. The summed E-state index contributed by atoms with van der Waals surface area (Å²) in [6, 6.07) is 22.8. The number of benzene rings is 2. The number of thiocarbonyl (C=S) groups is 1. The van der Waals surface area contributed by atoms with Crippen LogP contribution in [-0.2, 0) is 0 Å². The second-order valence-corrected chi connectivity index (χ2v) is 10.0. The molecule has 0 bridgehead atoms. The number of nitrogens with one attached hydrogen (secondary N) is 2. The first-order valence-corrected chi connectivity index (χ1v) is 13.9. The Bertz CT molecular complexity index is 1420. The summed E-state index contributed by atoms with van der Waals surface area (Å²) in [5.41, 5.74) is 9.19. The molecule has 3 heterocycles. The molecule has 2 aromatic carbocycles. The number of aryl methyl sites for hydroxylation is 4. The van der Waals surface area contributed by atoms with Gasteiger partial charge in [0.1, 0.15) is 11.5 Å². The maximum atomic E-state index is 5.78. The molecular formula is C28H31ClN8O2S2. The molecule has 214 valence electrons. The minimum Gasteiger partial charge on any atom is -0.433 e. The maximum absolute atomic E-state index is 5.78. The van der Waals surface area contributed by atoms with Crippen LogP contribution >= 0.6 is 36.4 Å². The normalized spacial score (nSPS) is 12.1. The lowest BCUT2D eigenvalue weighted by atomic mass is 10.3. The highest BCUT2D eigenvalue weighted by Crippen LogP contribution is 2.21. The quantitative estimate of drug-likeness (QED) is 0.211. The van der Waals surface area contributed by atoms with Gasteiger partial charge in [-0.05, 0) is 76.3 Å². The molecule has 0 fully saturated rings. The van der Waals surface area contributed by atoms with E-state index in [4.69, 9.17) is 21.7 Å². The Kier molecular flexibility index (Phi) is 12.1. The van der Waals surface area contributed by atoms with E-state index in [2.05, 4.69) is 35.9 Å². The largest absolute Gasteiger partial charge is 0.433 e. The number of thioether (sulfide) groups is 1. The summed E-state index contributed by atoms with van der Waals surface area (Å²) in [6.45, 7) is 8.50. The minimum atomic E-state index is 0. The van der Waals surface area contributed by atoms with Gasteiger partial charge in [-0.15, -0.1) is 17.5 Å². The third-order valence-corrected chi connectivity index (χ3v) is 6.08. The molecule has 4 aromatic rings. The van der Waals surface area contributed by atoms with Crippen LogP contribution in [0.1, 0.15) is 22.8 Å². The topological polar surface area (TPSA) is 110 Å². The van der Waals surface area contributed by atoms with E-state index >= 15 is 0 Å². The van der Waals surface area contributed by atoms with Crippen molar-refractivity contribution in [3.05, 3.63) is 95.6 Å². The lowest BCUT2D eigenvalue weighted by Gasteiger charge is -2.22. The van der Waals surface area contributed by atoms with Crippen molar-refractivity contribution in [2.45, 2.75) is 27.7 Å². The molecule has 0 spiro atoms. The molecule has 0 radical (unpaired) electrons. The Morgan fingerprint density at radius 1 is 0.805 bits per heavy atom. The van der Waals surface area contributed by atoms with Gasteiger partial charge in [-0.2, -0.15) is 0 Å². The standard InChI is InChI=1S/C15H16N4OS.C13H14N4OS.ClH/c1-11-10-12(2)17-14(16-11)19-8-9-21-15(18-19)20-13-6-4-3-5-7-13;1-9-8-10(2)15-12(14-9)16-17-13(19)18-11-6-4-3-5-7-11;/h3-7,10H,8-9H2,1-2H3;3-8H,1-2H3,(H,17,19)(H,14,15,16);1H. The number of hydrazine groups is 1. The number of para-hydroxylation sites is 2. The van der Waals surface area contributed by atoms with E-state index in [1.807, 2.05) is 100 Å². The predicted octanol–water partition coefficient (Wildman–Crippen LogP) is 5.79. The van der Waals surface area contributed by atoms with E-state index < -0.39 is 0 Å². The fourth-order valence-electron chi connectivity index (χ4n) is 3.51. The smallest absolute Gasteiger partial charge is 0.281 e. The first-order chi connectivity index (χ1) is 19.3. The molecule has 1 aliphatic rings. The number of rotatable bonds is 5. The number of anilines is 2. The number of hydrogen-bond donors (Lipinski definition) is 2. The van der Waals surface area contributed by atoms with Crippen LogP contribution in [0.2, 0.25) is 0 Å². The molecule has 0 saturated heterocycles. The van der Waals surface area contributed by atoms with Crippen molar-refractivity contribution in [3.8, 4) is 11.5 Å². The molecule has 41 heavy (non-hydrogen) atoms. The number of hydrogen-bond acceptors (Lipinski definition) is 11. The van der Waals surface area contributed by atoms with Crippen LogP contribution in [0.4, 0.5) is 11.9 Å². The minimum absolute atomic E-state index is 0. The molecule has 5 rings (SSSR count). The molecule has 0 atom stereocenters. The van der Waals surface area contributed by atoms with Gasteiger partial charge in [0.2, 0.25) is 11.9 Å². The van der Waals surface area contributed by atoms with Crippen LogP contribution < -0.4 is 25.3 Å². The summed E-state index contributed by atoms with van der Waals surface area (Å²) in [5.74, 6) is 3.43. The van der Waals surface area contributed by atoms with Crippen molar-refractivity contribution in [3.63, 3.8) is 0 Å². The van der Waals surface area contributed by atoms with E-state index in [0.29, 0.717) is 22.9 Å². The van der Waals surface area contributed by atoms with Crippen molar-refractivity contribution in [2.24, 2.45) is 5.10 Å². The van der Waals surface area contributed by atoms with E-state index in [-0.39, 0.29) is 17.6 Å². The van der Waals surface area contributed by atoms with Crippen molar-refractivity contribution >= 4 is 58.7 Å². The fraction of sp³-hybridized carbons (Fsp3) is 0.214. The van der Waals surface area contributed by atoms with Gasteiger partial charge in [-0.25, -0.2) is 24.9 Å². The van der Waals surface area contributed by atoms with Gasteiger partial charge in [-0.1, -0.05) is 48.2 Å². The molecule has 13 heteroatoms. The average molecular weight is 611 g/mol. The van der Waals surface area contributed by atoms with E-state index in [9.17, 15) is 0 Å². The molecule has 0 amide bonds. The predicted molar refractivity (Wildman–Crippen MR) is 171 cm³/mol. The Morgan fingerprint density at radius 2 is 1.34 bits per heavy atom. The monoisotopic (exact) mass is 610 g/mol. The molecule has 2 aromatic heterocycles. The zero-order valence-electron chi connectivity index (χ0n) is 23.1. The number of halogens is 1. The van der Waals surface area contributed by atoms with Gasteiger partial charge in [0.25, 0.3) is 10.4 Å². The zero-order chi connectivity index (χ0) is 28.3. The Hall–Kier alpha value is -4.00. The Balaban J connectivity index is 0.000000221.